The van der Waals surface area contributed by atoms with Crippen LogP contribution in [0.4, 0.5) is 5.69 Å². The topological polar surface area (TPSA) is 52.0 Å². The van der Waals surface area contributed by atoms with Crippen LogP contribution in [0.1, 0.15) is 42.7 Å². The van der Waals surface area contributed by atoms with Crippen LogP contribution in [0.15, 0.2) is 54.6 Å². The summed E-state index contributed by atoms with van der Waals surface area (Å²) in [7, 11) is 0. The predicted octanol–water partition coefficient (Wildman–Crippen LogP) is 1.60. The number of benzene rings is 2. The Morgan fingerprint density at radius 1 is 0.857 bits per heavy atom. The molecule has 2 aromatic carbocycles. The van der Waals surface area contributed by atoms with Crippen molar-refractivity contribution >= 4 is 5.69 Å². The third-order valence-electron chi connectivity index (χ3n) is 6.78. The molecule has 1 heterocycles. The van der Waals surface area contributed by atoms with E-state index >= 15 is 0 Å². The molecule has 28 heavy (non-hydrogen) atoms. The van der Waals surface area contributed by atoms with E-state index in [4.69, 9.17) is 0 Å². The molecule has 1 aliphatic heterocycles. The standard InChI is InChI=1S/C23H29N3O2/c27-26(28)23-10-6-19(7-11-23)18-24-14-16-25(17-15-24)22-12-8-21(9-13-22)20-4-2-1-3-5-20/h1-7,10-11,21-22H,8-9,12-18H2/p+2. The van der Waals surface area contributed by atoms with E-state index in [0.29, 0.717) is 0 Å². The number of nitrogens with zero attached hydrogens (tertiary/aromatic N) is 1. The second-order valence-corrected chi connectivity index (χ2v) is 8.47. The molecular weight excluding hydrogens is 350 g/mol. The first kappa shape index (κ1) is 19.1. The normalized spacial score (nSPS) is 28.0. The molecule has 2 aromatic rings. The number of hydrogen-bond donors (Lipinski definition) is 2. The first-order valence-corrected chi connectivity index (χ1v) is 10.7. The maximum absolute atomic E-state index is 10.8. The number of rotatable bonds is 5. The predicted molar refractivity (Wildman–Crippen MR) is 110 cm³/mol. The second-order valence-electron chi connectivity index (χ2n) is 8.47. The van der Waals surface area contributed by atoms with E-state index in [1.165, 1.54) is 63.0 Å². The van der Waals surface area contributed by atoms with E-state index in [1.54, 1.807) is 21.9 Å². The molecule has 1 saturated heterocycles. The molecule has 0 atom stereocenters. The Labute approximate surface area is 167 Å². The van der Waals surface area contributed by atoms with Crippen LogP contribution < -0.4 is 9.80 Å². The van der Waals surface area contributed by atoms with E-state index in [2.05, 4.69) is 30.3 Å². The quantitative estimate of drug-likeness (QED) is 0.611. The Bertz CT molecular complexity index is 762. The lowest BCUT2D eigenvalue weighted by Crippen LogP contribution is -3.29. The largest absolute Gasteiger partial charge is 0.323 e. The minimum atomic E-state index is -0.328. The molecule has 0 radical (unpaired) electrons. The Morgan fingerprint density at radius 2 is 1.50 bits per heavy atom. The monoisotopic (exact) mass is 381 g/mol. The van der Waals surface area contributed by atoms with Crippen molar-refractivity contribution in [3.8, 4) is 0 Å². The summed E-state index contributed by atoms with van der Waals surface area (Å²) in [6, 6.07) is 18.9. The molecule has 2 aliphatic rings. The molecule has 1 saturated carbocycles. The average molecular weight is 382 g/mol. The van der Waals surface area contributed by atoms with E-state index in [0.717, 1.165) is 18.5 Å². The molecule has 5 heteroatoms. The van der Waals surface area contributed by atoms with Crippen molar-refractivity contribution in [2.75, 3.05) is 26.2 Å². The summed E-state index contributed by atoms with van der Waals surface area (Å²) in [4.78, 5) is 13.9. The average Bonchev–Trinajstić information content (AvgIpc) is 2.75. The summed E-state index contributed by atoms with van der Waals surface area (Å²) >= 11 is 0. The third kappa shape index (κ3) is 4.59. The fourth-order valence-corrected chi connectivity index (χ4v) is 5.09. The zero-order chi connectivity index (χ0) is 19.3. The summed E-state index contributed by atoms with van der Waals surface area (Å²) in [6.07, 6.45) is 5.37. The molecule has 0 aromatic heterocycles. The van der Waals surface area contributed by atoms with Gasteiger partial charge in [0.1, 0.15) is 32.7 Å². The van der Waals surface area contributed by atoms with Crippen LogP contribution in [0, 0.1) is 10.1 Å². The maximum Gasteiger partial charge on any atom is 0.269 e. The van der Waals surface area contributed by atoms with Crippen LogP contribution in [0.2, 0.25) is 0 Å². The van der Waals surface area contributed by atoms with Gasteiger partial charge in [0.15, 0.2) is 0 Å². The first-order chi connectivity index (χ1) is 13.7. The molecule has 0 unspecified atom stereocenters. The van der Waals surface area contributed by atoms with Crippen LogP contribution in [-0.2, 0) is 6.54 Å². The molecular formula is C23H31N3O2+2. The van der Waals surface area contributed by atoms with Gasteiger partial charge in [-0.25, -0.2) is 0 Å². The van der Waals surface area contributed by atoms with Gasteiger partial charge in [0.05, 0.1) is 11.0 Å². The van der Waals surface area contributed by atoms with Crippen LogP contribution in [0.3, 0.4) is 0 Å². The highest BCUT2D eigenvalue weighted by Crippen LogP contribution is 2.31. The van der Waals surface area contributed by atoms with Crippen LogP contribution in [0.25, 0.3) is 0 Å². The van der Waals surface area contributed by atoms with E-state index < -0.39 is 0 Å². The lowest BCUT2D eigenvalue weighted by molar-refractivity contribution is -1.03. The first-order valence-electron chi connectivity index (χ1n) is 10.7. The molecule has 5 nitrogen and oxygen atoms in total. The van der Waals surface area contributed by atoms with Gasteiger partial charge in [-0.1, -0.05) is 30.3 Å². The fourth-order valence-electron chi connectivity index (χ4n) is 5.09. The van der Waals surface area contributed by atoms with Gasteiger partial charge in [0.2, 0.25) is 0 Å². The highest BCUT2D eigenvalue weighted by molar-refractivity contribution is 5.32. The second kappa shape index (κ2) is 8.84. The number of non-ortho nitro benzene ring substituents is 1. The minimum Gasteiger partial charge on any atom is -0.323 e. The third-order valence-corrected chi connectivity index (χ3v) is 6.78. The van der Waals surface area contributed by atoms with Gasteiger partial charge in [-0.05, 0) is 49.3 Å². The summed E-state index contributed by atoms with van der Waals surface area (Å²) in [5, 5.41) is 10.8. The summed E-state index contributed by atoms with van der Waals surface area (Å²) in [5.41, 5.74) is 2.90. The molecule has 0 spiro atoms. The highest BCUT2D eigenvalue weighted by Gasteiger charge is 2.33. The van der Waals surface area contributed by atoms with E-state index in [9.17, 15) is 10.1 Å². The highest BCUT2D eigenvalue weighted by atomic mass is 16.6. The van der Waals surface area contributed by atoms with Gasteiger partial charge in [-0.15, -0.1) is 0 Å². The Balaban J connectivity index is 1.23. The van der Waals surface area contributed by atoms with Crippen LogP contribution >= 0.6 is 0 Å². The van der Waals surface area contributed by atoms with Crippen molar-refractivity contribution in [1.82, 2.24) is 0 Å². The van der Waals surface area contributed by atoms with Crippen LogP contribution in [-0.4, -0.2) is 37.1 Å². The lowest BCUT2D eigenvalue weighted by atomic mass is 9.81. The van der Waals surface area contributed by atoms with Crippen molar-refractivity contribution in [2.45, 2.75) is 44.2 Å². The molecule has 0 amide bonds. The van der Waals surface area contributed by atoms with Crippen molar-refractivity contribution in [3.05, 3.63) is 75.8 Å². The number of piperazine rings is 1. The summed E-state index contributed by atoms with van der Waals surface area (Å²) in [5.74, 6) is 0.755. The van der Waals surface area contributed by atoms with Crippen molar-refractivity contribution in [3.63, 3.8) is 0 Å². The van der Waals surface area contributed by atoms with E-state index in [1.807, 2.05) is 12.1 Å². The molecule has 0 bridgehead atoms. The fraction of sp³-hybridized carbons (Fsp3) is 0.478. The molecule has 2 fully saturated rings. The van der Waals surface area contributed by atoms with Crippen molar-refractivity contribution in [2.24, 2.45) is 0 Å². The number of nitro groups is 1. The number of nitro benzene ring substituents is 1. The zero-order valence-corrected chi connectivity index (χ0v) is 16.5. The van der Waals surface area contributed by atoms with Crippen molar-refractivity contribution in [1.29, 1.82) is 0 Å². The Morgan fingerprint density at radius 3 is 2.11 bits per heavy atom. The summed E-state index contributed by atoms with van der Waals surface area (Å²) < 4.78 is 0. The smallest absolute Gasteiger partial charge is 0.269 e. The zero-order valence-electron chi connectivity index (χ0n) is 16.5. The number of nitrogens with one attached hydrogen (secondary N) is 2. The van der Waals surface area contributed by atoms with Gasteiger partial charge in [0.25, 0.3) is 5.69 Å². The molecule has 1 aliphatic carbocycles. The molecule has 4 rings (SSSR count). The van der Waals surface area contributed by atoms with Gasteiger partial charge >= 0.3 is 0 Å². The minimum absolute atomic E-state index is 0.180. The van der Waals surface area contributed by atoms with Gasteiger partial charge < -0.3 is 9.80 Å². The Kier molecular flexibility index (Phi) is 6.03. The molecule has 148 valence electrons. The van der Waals surface area contributed by atoms with Crippen molar-refractivity contribution < 1.29 is 14.7 Å². The van der Waals surface area contributed by atoms with Gasteiger partial charge in [-0.2, -0.15) is 0 Å². The lowest BCUT2D eigenvalue weighted by Gasteiger charge is -2.38. The maximum atomic E-state index is 10.8. The SMILES string of the molecule is O=[N+]([O-])c1ccc(C[NH+]2CC[NH+](C3CCC(c4ccccc4)CC3)CC2)cc1. The van der Waals surface area contributed by atoms with Gasteiger partial charge in [0, 0.05) is 17.7 Å². The van der Waals surface area contributed by atoms with Crippen LogP contribution in [0.5, 0.6) is 0 Å². The van der Waals surface area contributed by atoms with E-state index in [-0.39, 0.29) is 10.6 Å². The number of hydrogen-bond acceptors (Lipinski definition) is 2. The summed E-state index contributed by atoms with van der Waals surface area (Å²) in [6.45, 7) is 5.88. The Hall–Kier alpha value is -2.24. The number of quaternary nitrogens is 2. The molecule has 2 N–H and O–H groups in total. The van der Waals surface area contributed by atoms with Gasteiger partial charge in [-0.3, -0.25) is 10.1 Å².